The maximum absolute atomic E-state index is 11.4. The summed E-state index contributed by atoms with van der Waals surface area (Å²) in [6, 6.07) is 4.63. The first-order chi connectivity index (χ1) is 7.04. The van der Waals surface area contributed by atoms with Gasteiger partial charge < -0.3 is 5.32 Å². The SMILES string of the molecule is CC(=O)Nc1cc(Cl)ccc1C(=O)CCl. The zero-order valence-electron chi connectivity index (χ0n) is 8.01. The summed E-state index contributed by atoms with van der Waals surface area (Å²) < 4.78 is 0. The molecule has 0 aliphatic carbocycles. The highest BCUT2D eigenvalue weighted by molar-refractivity contribution is 6.33. The number of Topliss-reactive ketones (excluding diaryl/α,β-unsaturated/α-hetero) is 1. The highest BCUT2D eigenvalue weighted by Gasteiger charge is 2.11. The lowest BCUT2D eigenvalue weighted by molar-refractivity contribution is -0.114. The van der Waals surface area contributed by atoms with Crippen molar-refractivity contribution in [2.75, 3.05) is 11.2 Å². The van der Waals surface area contributed by atoms with E-state index in [9.17, 15) is 9.59 Å². The van der Waals surface area contributed by atoms with Gasteiger partial charge in [-0.05, 0) is 18.2 Å². The number of ketones is 1. The van der Waals surface area contributed by atoms with Crippen LogP contribution in [0.3, 0.4) is 0 Å². The fraction of sp³-hybridized carbons (Fsp3) is 0.200. The average molecular weight is 246 g/mol. The second-order valence-corrected chi connectivity index (χ2v) is 3.63. The lowest BCUT2D eigenvalue weighted by Crippen LogP contribution is -2.11. The number of nitrogens with one attached hydrogen (secondary N) is 1. The van der Waals surface area contributed by atoms with E-state index in [1.807, 2.05) is 0 Å². The first-order valence-electron chi connectivity index (χ1n) is 4.21. The lowest BCUT2D eigenvalue weighted by atomic mass is 10.1. The fourth-order valence-corrected chi connectivity index (χ4v) is 1.44. The van der Waals surface area contributed by atoms with Crippen LogP contribution in [-0.2, 0) is 4.79 Å². The van der Waals surface area contributed by atoms with E-state index in [0.29, 0.717) is 16.3 Å². The molecular weight excluding hydrogens is 237 g/mol. The number of rotatable bonds is 3. The van der Waals surface area contributed by atoms with Crippen LogP contribution in [-0.4, -0.2) is 17.6 Å². The summed E-state index contributed by atoms with van der Waals surface area (Å²) in [5.74, 6) is -0.647. The minimum absolute atomic E-state index is 0.131. The monoisotopic (exact) mass is 245 g/mol. The molecule has 0 radical (unpaired) electrons. The molecule has 0 heterocycles. The van der Waals surface area contributed by atoms with Crippen molar-refractivity contribution in [3.05, 3.63) is 28.8 Å². The van der Waals surface area contributed by atoms with Gasteiger partial charge in [-0.3, -0.25) is 9.59 Å². The van der Waals surface area contributed by atoms with Crippen LogP contribution < -0.4 is 5.32 Å². The second-order valence-electron chi connectivity index (χ2n) is 2.93. The minimum atomic E-state index is -0.263. The first-order valence-corrected chi connectivity index (χ1v) is 5.12. The molecule has 0 bridgehead atoms. The van der Waals surface area contributed by atoms with Gasteiger partial charge in [-0.25, -0.2) is 0 Å². The van der Waals surface area contributed by atoms with E-state index in [0.717, 1.165) is 0 Å². The number of carbonyl (C=O) groups is 2. The summed E-state index contributed by atoms with van der Waals surface area (Å²) in [5.41, 5.74) is 0.755. The molecule has 15 heavy (non-hydrogen) atoms. The molecule has 1 rings (SSSR count). The number of carbonyl (C=O) groups excluding carboxylic acids is 2. The maximum Gasteiger partial charge on any atom is 0.221 e. The van der Waals surface area contributed by atoms with Crippen molar-refractivity contribution < 1.29 is 9.59 Å². The van der Waals surface area contributed by atoms with Gasteiger partial charge in [0.05, 0.1) is 11.6 Å². The van der Waals surface area contributed by atoms with E-state index in [1.165, 1.54) is 13.0 Å². The van der Waals surface area contributed by atoms with Crippen LogP contribution in [0.5, 0.6) is 0 Å². The van der Waals surface area contributed by atoms with Gasteiger partial charge in [0, 0.05) is 17.5 Å². The molecule has 1 N–H and O–H groups in total. The molecule has 0 spiro atoms. The van der Waals surface area contributed by atoms with E-state index in [-0.39, 0.29) is 17.6 Å². The largest absolute Gasteiger partial charge is 0.326 e. The van der Waals surface area contributed by atoms with Crippen LogP contribution in [0.25, 0.3) is 0 Å². The number of anilines is 1. The van der Waals surface area contributed by atoms with E-state index < -0.39 is 0 Å². The Kier molecular flexibility index (Phi) is 4.12. The van der Waals surface area contributed by atoms with Gasteiger partial charge in [-0.1, -0.05) is 11.6 Å². The number of amides is 1. The van der Waals surface area contributed by atoms with Crippen molar-refractivity contribution in [2.24, 2.45) is 0 Å². The van der Waals surface area contributed by atoms with Crippen molar-refractivity contribution in [3.8, 4) is 0 Å². The zero-order valence-corrected chi connectivity index (χ0v) is 9.52. The fourth-order valence-electron chi connectivity index (χ4n) is 1.12. The highest BCUT2D eigenvalue weighted by Crippen LogP contribution is 2.21. The Bertz CT molecular complexity index is 404. The maximum atomic E-state index is 11.4. The van der Waals surface area contributed by atoms with Crippen LogP contribution in [0.2, 0.25) is 5.02 Å². The molecule has 0 atom stereocenters. The van der Waals surface area contributed by atoms with Crippen LogP contribution in [0.15, 0.2) is 18.2 Å². The molecular formula is C10H9Cl2NO2. The Morgan fingerprint density at radius 1 is 1.40 bits per heavy atom. The van der Waals surface area contributed by atoms with Crippen LogP contribution in [0.1, 0.15) is 17.3 Å². The highest BCUT2D eigenvalue weighted by atomic mass is 35.5. The predicted molar refractivity (Wildman–Crippen MR) is 60.8 cm³/mol. The molecule has 0 unspecified atom stereocenters. The third-order valence-electron chi connectivity index (χ3n) is 1.71. The summed E-state index contributed by atoms with van der Waals surface area (Å²) >= 11 is 11.2. The number of halogens is 2. The van der Waals surface area contributed by atoms with Crippen molar-refractivity contribution in [3.63, 3.8) is 0 Å². The average Bonchev–Trinajstić information content (AvgIpc) is 2.16. The van der Waals surface area contributed by atoms with Crippen molar-refractivity contribution in [1.82, 2.24) is 0 Å². The van der Waals surface area contributed by atoms with Gasteiger partial charge in [0.25, 0.3) is 0 Å². The smallest absolute Gasteiger partial charge is 0.221 e. The molecule has 3 nitrogen and oxygen atoms in total. The van der Waals surface area contributed by atoms with Gasteiger partial charge in [-0.2, -0.15) is 0 Å². The topological polar surface area (TPSA) is 46.2 Å². The van der Waals surface area contributed by atoms with Crippen LogP contribution >= 0.6 is 23.2 Å². The van der Waals surface area contributed by atoms with Gasteiger partial charge in [0.2, 0.25) is 5.91 Å². The quantitative estimate of drug-likeness (QED) is 0.658. The molecule has 1 aromatic carbocycles. The molecule has 0 aromatic heterocycles. The van der Waals surface area contributed by atoms with Gasteiger partial charge >= 0.3 is 0 Å². The summed E-state index contributed by atoms with van der Waals surface area (Å²) in [7, 11) is 0. The molecule has 1 amide bonds. The predicted octanol–water partition coefficient (Wildman–Crippen LogP) is 2.72. The molecule has 80 valence electrons. The van der Waals surface area contributed by atoms with Gasteiger partial charge in [0.15, 0.2) is 5.78 Å². The number of hydrogen-bond donors (Lipinski definition) is 1. The third-order valence-corrected chi connectivity index (χ3v) is 2.19. The second kappa shape index (κ2) is 5.14. The Morgan fingerprint density at radius 2 is 2.07 bits per heavy atom. The standard InChI is InChI=1S/C10H9Cl2NO2/c1-6(14)13-9-4-7(12)2-3-8(9)10(15)5-11/h2-4H,5H2,1H3,(H,13,14). The molecule has 0 fully saturated rings. The van der Waals surface area contributed by atoms with Crippen LogP contribution in [0.4, 0.5) is 5.69 Å². The summed E-state index contributed by atoms with van der Waals surface area (Å²) in [4.78, 5) is 22.3. The molecule has 0 aliphatic heterocycles. The Labute approximate surface area is 97.4 Å². The summed E-state index contributed by atoms with van der Waals surface area (Å²) in [6.07, 6.45) is 0. The van der Waals surface area contributed by atoms with E-state index in [1.54, 1.807) is 12.1 Å². The van der Waals surface area contributed by atoms with Gasteiger partial charge in [0.1, 0.15) is 0 Å². The van der Waals surface area contributed by atoms with Crippen LogP contribution in [0, 0.1) is 0 Å². The number of alkyl halides is 1. The lowest BCUT2D eigenvalue weighted by Gasteiger charge is -2.08. The van der Waals surface area contributed by atoms with Gasteiger partial charge in [-0.15, -0.1) is 11.6 Å². The summed E-state index contributed by atoms with van der Waals surface area (Å²) in [6.45, 7) is 1.36. The minimum Gasteiger partial charge on any atom is -0.326 e. The van der Waals surface area contributed by atoms with E-state index >= 15 is 0 Å². The van der Waals surface area contributed by atoms with Crippen molar-refractivity contribution in [2.45, 2.75) is 6.92 Å². The van der Waals surface area contributed by atoms with E-state index in [4.69, 9.17) is 23.2 Å². The Balaban J connectivity index is 3.13. The van der Waals surface area contributed by atoms with Crippen molar-refractivity contribution in [1.29, 1.82) is 0 Å². The molecule has 5 heteroatoms. The normalized spacial score (nSPS) is 9.80. The number of hydrogen-bond acceptors (Lipinski definition) is 2. The molecule has 0 saturated carbocycles. The Morgan fingerprint density at radius 3 is 2.60 bits per heavy atom. The third kappa shape index (κ3) is 3.22. The number of benzene rings is 1. The summed E-state index contributed by atoms with van der Waals surface area (Å²) in [5, 5.41) is 2.98. The zero-order chi connectivity index (χ0) is 11.4. The van der Waals surface area contributed by atoms with Crippen molar-refractivity contribution >= 4 is 40.6 Å². The molecule has 0 saturated heterocycles. The Hall–Kier alpha value is -1.06. The van der Waals surface area contributed by atoms with E-state index in [2.05, 4.69) is 5.32 Å². The molecule has 1 aromatic rings. The first kappa shape index (κ1) is 12.0. The molecule has 0 aliphatic rings.